The fourth-order valence-electron chi connectivity index (χ4n) is 0.634. The second kappa shape index (κ2) is 9.96. The number of carbonyl (C=O) groups is 2. The molecule has 0 aliphatic rings. The third kappa shape index (κ3) is 10.5. The monoisotopic (exact) mass is 228 g/mol. The molecular formula is C12H20O4. The molecule has 4 heteroatoms. The van der Waals surface area contributed by atoms with Crippen LogP contribution >= 0.6 is 0 Å². The van der Waals surface area contributed by atoms with Gasteiger partial charge in [0.15, 0.2) is 0 Å². The molecule has 0 aromatic rings. The smallest absolute Gasteiger partial charge is 0.333 e. The zero-order chi connectivity index (χ0) is 13.1. The van der Waals surface area contributed by atoms with Crippen molar-refractivity contribution in [2.75, 3.05) is 6.61 Å². The molecule has 0 aromatic carbocycles. The topological polar surface area (TPSA) is 63.6 Å². The van der Waals surface area contributed by atoms with Gasteiger partial charge in [-0.1, -0.05) is 19.6 Å². The molecule has 16 heavy (non-hydrogen) atoms. The molecular weight excluding hydrogens is 208 g/mol. The van der Waals surface area contributed by atoms with E-state index in [4.69, 9.17) is 9.84 Å². The average Bonchev–Trinajstić information content (AvgIpc) is 2.19. The van der Waals surface area contributed by atoms with Crippen LogP contribution in [-0.2, 0) is 14.3 Å². The maximum Gasteiger partial charge on any atom is 0.333 e. The van der Waals surface area contributed by atoms with Crippen molar-refractivity contribution in [3.05, 3.63) is 23.8 Å². The molecule has 1 N–H and O–H groups in total. The Hall–Kier alpha value is -1.58. The van der Waals surface area contributed by atoms with Crippen molar-refractivity contribution in [3.63, 3.8) is 0 Å². The minimum Gasteiger partial charge on any atom is -0.478 e. The number of allylic oxidation sites excluding steroid dienone is 1. The van der Waals surface area contributed by atoms with Crippen molar-refractivity contribution < 1.29 is 19.4 Å². The van der Waals surface area contributed by atoms with E-state index in [-0.39, 0.29) is 11.5 Å². The highest BCUT2D eigenvalue weighted by Gasteiger charge is 2.01. The first-order chi connectivity index (χ1) is 7.36. The molecule has 92 valence electrons. The van der Waals surface area contributed by atoms with Crippen molar-refractivity contribution in [1.29, 1.82) is 0 Å². The van der Waals surface area contributed by atoms with Gasteiger partial charge < -0.3 is 9.84 Å². The van der Waals surface area contributed by atoms with Crippen LogP contribution in [0, 0.1) is 0 Å². The van der Waals surface area contributed by atoms with E-state index in [9.17, 15) is 9.59 Å². The first-order valence-corrected chi connectivity index (χ1v) is 5.09. The fourth-order valence-corrected chi connectivity index (χ4v) is 0.634. The molecule has 0 radical (unpaired) electrons. The second-order valence-electron chi connectivity index (χ2n) is 3.10. The number of hydrogen-bond donors (Lipinski definition) is 1. The molecule has 0 spiro atoms. The lowest BCUT2D eigenvalue weighted by atomic mass is 10.2. The van der Waals surface area contributed by atoms with Crippen molar-refractivity contribution >= 4 is 11.9 Å². The minimum absolute atomic E-state index is 0.176. The fraction of sp³-hybridized carbons (Fsp3) is 0.500. The summed E-state index contributed by atoms with van der Waals surface area (Å²) >= 11 is 0. The zero-order valence-corrected chi connectivity index (χ0v) is 10.4. The van der Waals surface area contributed by atoms with E-state index >= 15 is 0 Å². The van der Waals surface area contributed by atoms with Crippen LogP contribution in [0.2, 0.25) is 0 Å². The summed E-state index contributed by atoms with van der Waals surface area (Å²) in [6, 6.07) is 0. The number of rotatable bonds is 4. The molecule has 0 atom stereocenters. The van der Waals surface area contributed by atoms with Gasteiger partial charge in [-0.15, -0.1) is 0 Å². The Kier molecular flexibility index (Phi) is 10.5. The second-order valence-corrected chi connectivity index (χ2v) is 3.10. The number of esters is 1. The van der Waals surface area contributed by atoms with E-state index in [0.717, 1.165) is 6.42 Å². The van der Waals surface area contributed by atoms with Crippen LogP contribution in [0.3, 0.4) is 0 Å². The van der Waals surface area contributed by atoms with Gasteiger partial charge in [-0.05, 0) is 27.2 Å². The number of aliphatic carboxylic acids is 1. The third-order valence-corrected chi connectivity index (χ3v) is 1.47. The zero-order valence-electron chi connectivity index (χ0n) is 10.4. The standard InChI is InChI=1S/C8H14O2.C4H6O2/c1-4-6-7(3)8(9)10-5-2;1-3(2)4(5)6/h6H,4-5H2,1-3H3;1H2,2H3,(H,5,6). The molecule has 0 aliphatic heterocycles. The summed E-state index contributed by atoms with van der Waals surface area (Å²) < 4.78 is 4.75. The maximum atomic E-state index is 10.8. The van der Waals surface area contributed by atoms with Gasteiger partial charge in [0.25, 0.3) is 0 Å². The summed E-state index contributed by atoms with van der Waals surface area (Å²) in [5, 5.41) is 7.89. The predicted molar refractivity (Wildman–Crippen MR) is 63.1 cm³/mol. The van der Waals surface area contributed by atoms with Gasteiger partial charge in [0, 0.05) is 11.1 Å². The average molecular weight is 228 g/mol. The summed E-state index contributed by atoms with van der Waals surface area (Å²) in [7, 11) is 0. The van der Waals surface area contributed by atoms with Crippen LogP contribution in [0.25, 0.3) is 0 Å². The Morgan fingerprint density at radius 3 is 2.00 bits per heavy atom. The van der Waals surface area contributed by atoms with Gasteiger partial charge in [0.2, 0.25) is 0 Å². The summed E-state index contributed by atoms with van der Waals surface area (Å²) in [6.07, 6.45) is 2.74. The number of carbonyl (C=O) groups excluding carboxylic acids is 1. The largest absolute Gasteiger partial charge is 0.478 e. The molecule has 0 bridgehead atoms. The first kappa shape index (κ1) is 16.8. The van der Waals surface area contributed by atoms with Crippen molar-refractivity contribution in [2.45, 2.75) is 34.1 Å². The van der Waals surface area contributed by atoms with Crippen LogP contribution in [0.5, 0.6) is 0 Å². The lowest BCUT2D eigenvalue weighted by Crippen LogP contribution is -2.04. The van der Waals surface area contributed by atoms with E-state index in [2.05, 4.69) is 6.58 Å². The predicted octanol–water partition coefficient (Wildman–Crippen LogP) is 2.55. The summed E-state index contributed by atoms with van der Waals surface area (Å²) in [4.78, 5) is 20.4. The Labute approximate surface area is 96.6 Å². The quantitative estimate of drug-likeness (QED) is 0.593. The minimum atomic E-state index is -0.935. The highest BCUT2D eigenvalue weighted by molar-refractivity contribution is 5.87. The molecule has 0 aliphatic carbocycles. The SMILES string of the molecule is C=C(C)C(=O)O.CCC=C(C)C(=O)OCC. The van der Waals surface area contributed by atoms with E-state index in [0.29, 0.717) is 12.2 Å². The van der Waals surface area contributed by atoms with Crippen LogP contribution in [0.15, 0.2) is 23.8 Å². The number of carboxylic acid groups (broad SMARTS) is 1. The van der Waals surface area contributed by atoms with Crippen LogP contribution in [0.4, 0.5) is 0 Å². The lowest BCUT2D eigenvalue weighted by molar-refractivity contribution is -0.138. The summed E-state index contributed by atoms with van der Waals surface area (Å²) in [6.45, 7) is 10.6. The Bertz CT molecular complexity index is 265. The molecule has 0 heterocycles. The molecule has 0 saturated carbocycles. The maximum absolute atomic E-state index is 10.8. The molecule has 0 saturated heterocycles. The van der Waals surface area contributed by atoms with Gasteiger partial charge in [-0.25, -0.2) is 9.59 Å². The Morgan fingerprint density at radius 2 is 1.75 bits per heavy atom. The first-order valence-electron chi connectivity index (χ1n) is 5.09. The van der Waals surface area contributed by atoms with Crippen molar-refractivity contribution in [2.24, 2.45) is 0 Å². The number of carboxylic acids is 1. The van der Waals surface area contributed by atoms with Gasteiger partial charge in [0.05, 0.1) is 6.61 Å². The van der Waals surface area contributed by atoms with Gasteiger partial charge >= 0.3 is 11.9 Å². The highest BCUT2D eigenvalue weighted by atomic mass is 16.5. The van der Waals surface area contributed by atoms with E-state index < -0.39 is 5.97 Å². The Balaban J connectivity index is 0. The van der Waals surface area contributed by atoms with E-state index in [1.807, 2.05) is 13.0 Å². The molecule has 0 rings (SSSR count). The van der Waals surface area contributed by atoms with Gasteiger partial charge in [-0.3, -0.25) is 0 Å². The normalized spacial score (nSPS) is 9.88. The van der Waals surface area contributed by atoms with Crippen molar-refractivity contribution in [1.82, 2.24) is 0 Å². The summed E-state index contributed by atoms with van der Waals surface area (Å²) in [5.74, 6) is -1.14. The number of ether oxygens (including phenoxy) is 1. The lowest BCUT2D eigenvalue weighted by Gasteiger charge is -1.99. The van der Waals surface area contributed by atoms with E-state index in [1.165, 1.54) is 6.92 Å². The van der Waals surface area contributed by atoms with Crippen LogP contribution in [0.1, 0.15) is 34.1 Å². The molecule has 0 unspecified atom stereocenters. The van der Waals surface area contributed by atoms with Gasteiger partial charge in [0.1, 0.15) is 0 Å². The number of hydrogen-bond acceptors (Lipinski definition) is 3. The molecule has 0 aromatic heterocycles. The van der Waals surface area contributed by atoms with Crippen molar-refractivity contribution in [3.8, 4) is 0 Å². The highest BCUT2D eigenvalue weighted by Crippen LogP contribution is 1.97. The third-order valence-electron chi connectivity index (χ3n) is 1.47. The molecule has 0 amide bonds. The van der Waals surface area contributed by atoms with E-state index in [1.54, 1.807) is 13.8 Å². The summed E-state index contributed by atoms with van der Waals surface area (Å²) in [5.41, 5.74) is 0.874. The van der Waals surface area contributed by atoms with Crippen LogP contribution in [-0.4, -0.2) is 23.7 Å². The van der Waals surface area contributed by atoms with Crippen LogP contribution < -0.4 is 0 Å². The van der Waals surface area contributed by atoms with Gasteiger partial charge in [-0.2, -0.15) is 0 Å². The Morgan fingerprint density at radius 1 is 1.31 bits per heavy atom. The molecule has 4 nitrogen and oxygen atoms in total. The molecule has 0 fully saturated rings.